The molecule has 0 radical (unpaired) electrons. The van der Waals surface area contributed by atoms with E-state index in [1.54, 1.807) is 6.07 Å². The first-order valence-corrected chi connectivity index (χ1v) is 4.81. The van der Waals surface area contributed by atoms with E-state index in [9.17, 15) is 4.79 Å². The minimum Gasteiger partial charge on any atom is -0.493 e. The van der Waals surface area contributed by atoms with Gasteiger partial charge in [0.15, 0.2) is 18.3 Å². The van der Waals surface area contributed by atoms with Crippen LogP contribution in [0.4, 0.5) is 0 Å². The molecule has 5 heteroatoms. The number of hydrogen-bond acceptors (Lipinski definition) is 4. The normalized spacial score (nSPS) is 9.88. The molecule has 0 saturated carbocycles. The minimum absolute atomic E-state index is 0.0654. The van der Waals surface area contributed by atoms with Gasteiger partial charge in [-0.15, -0.1) is 0 Å². The second-order valence-corrected chi connectivity index (χ2v) is 2.93. The van der Waals surface area contributed by atoms with Crippen molar-refractivity contribution in [3.8, 4) is 11.5 Å². The highest BCUT2D eigenvalue weighted by Crippen LogP contribution is 2.27. The van der Waals surface area contributed by atoms with Gasteiger partial charge in [0.05, 0.1) is 12.7 Å². The smallest absolute Gasteiger partial charge is 0.335 e. The van der Waals surface area contributed by atoms with Gasteiger partial charge in [0, 0.05) is 6.61 Å². The SMILES string of the molecule is CCOCOc1cc(C(=O)O)ccc1OC. The molecule has 0 bridgehead atoms. The Morgan fingerprint density at radius 1 is 1.38 bits per heavy atom. The molecular weight excluding hydrogens is 212 g/mol. The molecule has 0 aliphatic rings. The third kappa shape index (κ3) is 3.13. The Labute approximate surface area is 93.6 Å². The standard InChI is InChI=1S/C11H14O5/c1-3-15-7-16-10-6-8(11(12)13)4-5-9(10)14-2/h4-6H,3,7H2,1-2H3,(H,12,13). The van der Waals surface area contributed by atoms with Gasteiger partial charge in [0.2, 0.25) is 0 Å². The lowest BCUT2D eigenvalue weighted by atomic mass is 10.2. The number of benzene rings is 1. The van der Waals surface area contributed by atoms with Crippen molar-refractivity contribution in [3.05, 3.63) is 23.8 Å². The predicted molar refractivity (Wildman–Crippen MR) is 57.1 cm³/mol. The van der Waals surface area contributed by atoms with Crippen LogP contribution in [-0.4, -0.2) is 31.6 Å². The number of aromatic carboxylic acids is 1. The maximum Gasteiger partial charge on any atom is 0.335 e. The number of ether oxygens (including phenoxy) is 3. The average Bonchev–Trinajstić information content (AvgIpc) is 2.29. The van der Waals surface area contributed by atoms with Crippen molar-refractivity contribution < 1.29 is 24.1 Å². The van der Waals surface area contributed by atoms with E-state index in [0.717, 1.165) is 0 Å². The van der Waals surface area contributed by atoms with Crippen molar-refractivity contribution in [2.75, 3.05) is 20.5 Å². The Bertz CT molecular complexity index is 361. The molecule has 0 aliphatic heterocycles. The summed E-state index contributed by atoms with van der Waals surface area (Å²) in [6.07, 6.45) is 0. The summed E-state index contributed by atoms with van der Waals surface area (Å²) in [6.45, 7) is 2.44. The van der Waals surface area contributed by atoms with Crippen LogP contribution in [0.15, 0.2) is 18.2 Å². The van der Waals surface area contributed by atoms with E-state index in [0.29, 0.717) is 18.1 Å². The zero-order valence-electron chi connectivity index (χ0n) is 9.23. The van der Waals surface area contributed by atoms with Crippen LogP contribution >= 0.6 is 0 Å². The van der Waals surface area contributed by atoms with Crippen molar-refractivity contribution in [3.63, 3.8) is 0 Å². The lowest BCUT2D eigenvalue weighted by molar-refractivity contribution is 0.0208. The lowest BCUT2D eigenvalue weighted by Gasteiger charge is -2.10. The molecule has 1 aromatic carbocycles. The minimum atomic E-state index is -1.01. The Kier molecular flexibility index (Phi) is 4.60. The molecule has 0 spiro atoms. The molecule has 1 rings (SSSR count). The molecule has 0 fully saturated rings. The fraction of sp³-hybridized carbons (Fsp3) is 0.364. The molecule has 0 aromatic heterocycles. The molecule has 0 amide bonds. The number of carboxylic acids is 1. The first-order valence-electron chi connectivity index (χ1n) is 4.81. The summed E-state index contributed by atoms with van der Waals surface area (Å²) in [7, 11) is 1.49. The highest BCUT2D eigenvalue weighted by Gasteiger charge is 2.09. The Hall–Kier alpha value is -1.75. The van der Waals surface area contributed by atoms with Crippen LogP contribution in [0.25, 0.3) is 0 Å². The Morgan fingerprint density at radius 3 is 2.69 bits per heavy atom. The molecule has 0 atom stereocenters. The second-order valence-electron chi connectivity index (χ2n) is 2.93. The van der Waals surface area contributed by atoms with E-state index < -0.39 is 5.97 Å². The topological polar surface area (TPSA) is 65.0 Å². The van der Waals surface area contributed by atoms with E-state index >= 15 is 0 Å². The lowest BCUT2D eigenvalue weighted by Crippen LogP contribution is -2.05. The van der Waals surface area contributed by atoms with Gasteiger partial charge in [-0.3, -0.25) is 0 Å². The van der Waals surface area contributed by atoms with E-state index in [2.05, 4.69) is 0 Å². The van der Waals surface area contributed by atoms with E-state index in [4.69, 9.17) is 19.3 Å². The molecule has 1 N–H and O–H groups in total. The zero-order chi connectivity index (χ0) is 12.0. The van der Waals surface area contributed by atoms with E-state index in [1.807, 2.05) is 6.92 Å². The molecule has 88 valence electrons. The average molecular weight is 226 g/mol. The summed E-state index contributed by atoms with van der Waals surface area (Å²) >= 11 is 0. The third-order valence-electron chi connectivity index (χ3n) is 1.91. The highest BCUT2D eigenvalue weighted by molar-refractivity contribution is 5.88. The molecule has 16 heavy (non-hydrogen) atoms. The van der Waals surface area contributed by atoms with Crippen molar-refractivity contribution in [1.82, 2.24) is 0 Å². The zero-order valence-corrected chi connectivity index (χ0v) is 9.23. The van der Waals surface area contributed by atoms with Gasteiger partial charge in [-0.25, -0.2) is 4.79 Å². The van der Waals surface area contributed by atoms with Gasteiger partial charge >= 0.3 is 5.97 Å². The van der Waals surface area contributed by atoms with Gasteiger partial charge < -0.3 is 19.3 Å². The monoisotopic (exact) mass is 226 g/mol. The summed E-state index contributed by atoms with van der Waals surface area (Å²) in [5.41, 5.74) is 0.146. The van der Waals surface area contributed by atoms with Crippen LogP contribution in [0.2, 0.25) is 0 Å². The van der Waals surface area contributed by atoms with Crippen LogP contribution in [0.5, 0.6) is 11.5 Å². The molecule has 0 heterocycles. The van der Waals surface area contributed by atoms with Crippen LogP contribution < -0.4 is 9.47 Å². The number of methoxy groups -OCH3 is 1. The molecule has 1 aromatic rings. The van der Waals surface area contributed by atoms with Crippen molar-refractivity contribution >= 4 is 5.97 Å². The number of carboxylic acid groups (broad SMARTS) is 1. The predicted octanol–water partition coefficient (Wildman–Crippen LogP) is 1.77. The number of hydrogen-bond donors (Lipinski definition) is 1. The highest BCUT2D eigenvalue weighted by atomic mass is 16.7. The Morgan fingerprint density at radius 2 is 2.12 bits per heavy atom. The van der Waals surface area contributed by atoms with Crippen LogP contribution in [-0.2, 0) is 4.74 Å². The number of rotatable bonds is 6. The second kappa shape index (κ2) is 5.97. The van der Waals surface area contributed by atoms with Gasteiger partial charge in [-0.2, -0.15) is 0 Å². The largest absolute Gasteiger partial charge is 0.493 e. The fourth-order valence-corrected chi connectivity index (χ4v) is 1.11. The first-order chi connectivity index (χ1) is 7.69. The maximum absolute atomic E-state index is 10.8. The summed E-state index contributed by atoms with van der Waals surface area (Å²) < 4.78 is 15.3. The number of carbonyl (C=O) groups is 1. The van der Waals surface area contributed by atoms with Crippen LogP contribution in [0.1, 0.15) is 17.3 Å². The van der Waals surface area contributed by atoms with Gasteiger partial charge in [-0.05, 0) is 25.1 Å². The molecular formula is C11H14O5. The van der Waals surface area contributed by atoms with Crippen LogP contribution in [0, 0.1) is 0 Å². The van der Waals surface area contributed by atoms with Gasteiger partial charge in [0.25, 0.3) is 0 Å². The van der Waals surface area contributed by atoms with Crippen molar-refractivity contribution in [2.24, 2.45) is 0 Å². The summed E-state index contributed by atoms with van der Waals surface area (Å²) in [6, 6.07) is 4.40. The Balaban J connectivity index is 2.84. The third-order valence-corrected chi connectivity index (χ3v) is 1.91. The van der Waals surface area contributed by atoms with E-state index in [-0.39, 0.29) is 12.4 Å². The summed E-state index contributed by atoms with van der Waals surface area (Å²) in [4.78, 5) is 10.8. The maximum atomic E-state index is 10.8. The van der Waals surface area contributed by atoms with Gasteiger partial charge in [0.1, 0.15) is 0 Å². The van der Waals surface area contributed by atoms with Crippen molar-refractivity contribution in [2.45, 2.75) is 6.92 Å². The molecule has 0 aliphatic carbocycles. The molecule has 0 unspecified atom stereocenters. The summed E-state index contributed by atoms with van der Waals surface area (Å²) in [5, 5.41) is 8.82. The van der Waals surface area contributed by atoms with Gasteiger partial charge in [-0.1, -0.05) is 0 Å². The van der Waals surface area contributed by atoms with E-state index in [1.165, 1.54) is 19.2 Å². The first kappa shape index (κ1) is 12.3. The summed E-state index contributed by atoms with van der Waals surface area (Å²) in [5.74, 6) is -0.176. The van der Waals surface area contributed by atoms with Crippen molar-refractivity contribution in [1.29, 1.82) is 0 Å². The van der Waals surface area contributed by atoms with Crippen LogP contribution in [0.3, 0.4) is 0 Å². The quantitative estimate of drug-likeness (QED) is 0.591. The molecule has 0 saturated heterocycles. The molecule has 5 nitrogen and oxygen atoms in total. The fourth-order valence-electron chi connectivity index (χ4n) is 1.11.